The minimum Gasteiger partial charge on any atom is -0.497 e. The summed E-state index contributed by atoms with van der Waals surface area (Å²) in [5.74, 6) is 1.32. The van der Waals surface area contributed by atoms with Crippen LogP contribution in [0, 0.1) is 6.92 Å². The Balaban J connectivity index is 2.33. The summed E-state index contributed by atoms with van der Waals surface area (Å²) in [5, 5.41) is 6.27. The van der Waals surface area contributed by atoms with Crippen LogP contribution >= 0.6 is 0 Å². The van der Waals surface area contributed by atoms with Crippen molar-refractivity contribution in [1.29, 1.82) is 0 Å². The number of hydrogen-bond donors (Lipinski definition) is 2. The van der Waals surface area contributed by atoms with Gasteiger partial charge in [0.2, 0.25) is 0 Å². The molecule has 0 unspecified atom stereocenters. The molecule has 1 aromatic carbocycles. The smallest absolute Gasteiger partial charge is 0.259 e. The van der Waals surface area contributed by atoms with Crippen molar-refractivity contribution in [2.45, 2.75) is 6.92 Å². The highest BCUT2D eigenvalue weighted by Crippen LogP contribution is 2.31. The summed E-state index contributed by atoms with van der Waals surface area (Å²) in [7, 11) is 2.96. The van der Waals surface area contributed by atoms with Crippen LogP contribution in [0.1, 0.15) is 16.1 Å². The number of anilines is 2. The number of rotatable bonds is 4. The van der Waals surface area contributed by atoms with Gasteiger partial charge in [-0.3, -0.25) is 4.79 Å². The first-order valence-corrected chi connectivity index (χ1v) is 5.81. The van der Waals surface area contributed by atoms with E-state index >= 15 is 0 Å². The Kier molecular flexibility index (Phi) is 3.79. The van der Waals surface area contributed by atoms with Gasteiger partial charge in [-0.05, 0) is 13.0 Å². The lowest BCUT2D eigenvalue weighted by Crippen LogP contribution is -2.15. The van der Waals surface area contributed by atoms with E-state index < -0.39 is 5.91 Å². The van der Waals surface area contributed by atoms with Gasteiger partial charge in [-0.25, -0.2) is 0 Å². The fourth-order valence-corrected chi connectivity index (χ4v) is 1.68. The molecule has 0 spiro atoms. The summed E-state index contributed by atoms with van der Waals surface area (Å²) in [6.07, 6.45) is 0. The lowest BCUT2D eigenvalue weighted by Gasteiger charge is -2.12. The number of aromatic nitrogens is 1. The van der Waals surface area contributed by atoms with Crippen molar-refractivity contribution in [3.8, 4) is 11.5 Å². The van der Waals surface area contributed by atoms with E-state index in [0.29, 0.717) is 23.1 Å². The van der Waals surface area contributed by atoms with E-state index in [9.17, 15) is 4.79 Å². The summed E-state index contributed by atoms with van der Waals surface area (Å²) in [6, 6.07) is 4.73. The van der Waals surface area contributed by atoms with Gasteiger partial charge in [-0.15, -0.1) is 0 Å². The molecule has 1 aromatic heterocycles. The SMILES string of the molecule is COc1cc(OC)c(N)c(C(=O)Nc2cc(C)on2)c1. The van der Waals surface area contributed by atoms with Crippen LogP contribution in [-0.2, 0) is 0 Å². The van der Waals surface area contributed by atoms with Gasteiger partial charge in [0.1, 0.15) is 17.3 Å². The number of hydrogen-bond acceptors (Lipinski definition) is 6. The maximum Gasteiger partial charge on any atom is 0.259 e. The lowest BCUT2D eigenvalue weighted by molar-refractivity contribution is 0.102. The van der Waals surface area contributed by atoms with Gasteiger partial charge >= 0.3 is 0 Å². The fourth-order valence-electron chi connectivity index (χ4n) is 1.68. The van der Waals surface area contributed by atoms with E-state index in [-0.39, 0.29) is 11.3 Å². The van der Waals surface area contributed by atoms with Crippen molar-refractivity contribution >= 4 is 17.4 Å². The second-order valence-corrected chi connectivity index (χ2v) is 4.07. The topological polar surface area (TPSA) is 99.6 Å². The molecule has 0 saturated heterocycles. The molecule has 2 rings (SSSR count). The molecular weight excluding hydrogens is 262 g/mol. The average molecular weight is 277 g/mol. The van der Waals surface area contributed by atoms with E-state index in [1.165, 1.54) is 20.3 Å². The first kappa shape index (κ1) is 13.7. The second-order valence-electron chi connectivity index (χ2n) is 4.07. The predicted octanol–water partition coefficient (Wildman–Crippen LogP) is 1.83. The maximum atomic E-state index is 12.2. The van der Waals surface area contributed by atoms with Crippen molar-refractivity contribution in [2.75, 3.05) is 25.3 Å². The van der Waals surface area contributed by atoms with Crippen LogP contribution < -0.4 is 20.5 Å². The quantitative estimate of drug-likeness (QED) is 0.827. The Morgan fingerprint density at radius 3 is 2.60 bits per heavy atom. The summed E-state index contributed by atoms with van der Waals surface area (Å²) in [5.41, 5.74) is 6.36. The van der Waals surface area contributed by atoms with Crippen LogP contribution in [0.15, 0.2) is 22.7 Å². The number of carbonyl (C=O) groups excluding carboxylic acids is 1. The summed E-state index contributed by atoms with van der Waals surface area (Å²) in [6.45, 7) is 1.73. The third kappa shape index (κ3) is 2.66. The van der Waals surface area contributed by atoms with Crippen LogP contribution in [0.25, 0.3) is 0 Å². The number of aryl methyl sites for hydroxylation is 1. The molecule has 20 heavy (non-hydrogen) atoms. The first-order valence-electron chi connectivity index (χ1n) is 5.81. The van der Waals surface area contributed by atoms with Gasteiger partial charge in [0.15, 0.2) is 5.82 Å². The standard InChI is InChI=1S/C13H15N3O4/c1-7-4-11(16-20-7)15-13(17)9-5-8(18-2)6-10(19-3)12(9)14/h4-6H,14H2,1-3H3,(H,15,16,17). The number of carbonyl (C=O) groups is 1. The molecule has 0 atom stereocenters. The number of amides is 1. The number of methoxy groups -OCH3 is 2. The van der Waals surface area contributed by atoms with E-state index in [2.05, 4.69) is 10.5 Å². The summed E-state index contributed by atoms with van der Waals surface area (Å²) in [4.78, 5) is 12.2. The minimum absolute atomic E-state index is 0.228. The van der Waals surface area contributed by atoms with Gasteiger partial charge in [0.05, 0.1) is 25.5 Å². The van der Waals surface area contributed by atoms with Crippen LogP contribution in [0.4, 0.5) is 11.5 Å². The highest BCUT2D eigenvalue weighted by Gasteiger charge is 2.17. The Morgan fingerprint density at radius 2 is 2.05 bits per heavy atom. The molecule has 2 aromatic rings. The van der Waals surface area contributed by atoms with E-state index in [1.54, 1.807) is 19.1 Å². The van der Waals surface area contributed by atoms with E-state index in [1.807, 2.05) is 0 Å². The summed E-state index contributed by atoms with van der Waals surface area (Å²) < 4.78 is 15.1. The first-order chi connectivity index (χ1) is 9.55. The predicted molar refractivity (Wildman–Crippen MR) is 73.2 cm³/mol. The number of nitrogens with zero attached hydrogens (tertiary/aromatic N) is 1. The van der Waals surface area contributed by atoms with Crippen molar-refractivity contribution in [3.63, 3.8) is 0 Å². The van der Waals surface area contributed by atoms with Crippen LogP contribution in [0.5, 0.6) is 11.5 Å². The Hall–Kier alpha value is -2.70. The van der Waals surface area contributed by atoms with Crippen molar-refractivity contribution in [2.24, 2.45) is 0 Å². The zero-order valence-electron chi connectivity index (χ0n) is 11.4. The van der Waals surface area contributed by atoms with Crippen molar-refractivity contribution in [1.82, 2.24) is 5.16 Å². The zero-order valence-corrected chi connectivity index (χ0v) is 11.4. The number of nitrogens with two attached hydrogens (primary N) is 1. The number of nitrogens with one attached hydrogen (secondary N) is 1. The molecule has 3 N–H and O–H groups in total. The highest BCUT2D eigenvalue weighted by molar-refractivity contribution is 6.08. The van der Waals surface area contributed by atoms with Crippen LogP contribution in [0.3, 0.4) is 0 Å². The molecule has 1 amide bonds. The monoisotopic (exact) mass is 277 g/mol. The number of benzene rings is 1. The van der Waals surface area contributed by atoms with E-state index in [4.69, 9.17) is 19.7 Å². The zero-order chi connectivity index (χ0) is 14.7. The van der Waals surface area contributed by atoms with Crippen molar-refractivity contribution in [3.05, 3.63) is 29.5 Å². The summed E-state index contributed by atoms with van der Waals surface area (Å²) >= 11 is 0. The number of nitrogen functional groups attached to an aromatic ring is 1. The van der Waals surface area contributed by atoms with Crippen LogP contribution in [-0.4, -0.2) is 25.3 Å². The fraction of sp³-hybridized carbons (Fsp3) is 0.231. The van der Waals surface area contributed by atoms with Gasteiger partial charge in [0, 0.05) is 12.1 Å². The number of ether oxygens (including phenoxy) is 2. The largest absolute Gasteiger partial charge is 0.497 e. The molecule has 0 aliphatic heterocycles. The lowest BCUT2D eigenvalue weighted by atomic mass is 10.1. The Bertz CT molecular complexity index is 637. The molecule has 0 saturated carbocycles. The molecule has 106 valence electrons. The normalized spacial score (nSPS) is 10.2. The molecule has 7 heteroatoms. The Morgan fingerprint density at radius 1 is 1.30 bits per heavy atom. The molecule has 7 nitrogen and oxygen atoms in total. The molecule has 0 fully saturated rings. The molecule has 0 aliphatic rings. The van der Waals surface area contributed by atoms with Crippen LogP contribution in [0.2, 0.25) is 0 Å². The molecule has 0 bridgehead atoms. The Labute approximate surface area is 115 Å². The third-order valence-corrected chi connectivity index (χ3v) is 2.69. The minimum atomic E-state index is -0.423. The molecule has 0 radical (unpaired) electrons. The van der Waals surface area contributed by atoms with Gasteiger partial charge in [-0.1, -0.05) is 5.16 Å². The van der Waals surface area contributed by atoms with E-state index in [0.717, 1.165) is 0 Å². The highest BCUT2D eigenvalue weighted by atomic mass is 16.5. The third-order valence-electron chi connectivity index (χ3n) is 2.69. The second kappa shape index (κ2) is 5.52. The van der Waals surface area contributed by atoms with Gasteiger partial charge in [-0.2, -0.15) is 0 Å². The van der Waals surface area contributed by atoms with Gasteiger partial charge in [0.25, 0.3) is 5.91 Å². The molecular formula is C13H15N3O4. The molecule has 1 heterocycles. The van der Waals surface area contributed by atoms with Crippen molar-refractivity contribution < 1.29 is 18.8 Å². The average Bonchev–Trinajstić information content (AvgIpc) is 2.84. The molecule has 0 aliphatic carbocycles. The van der Waals surface area contributed by atoms with Gasteiger partial charge < -0.3 is 25.0 Å². The maximum absolute atomic E-state index is 12.2.